The van der Waals surface area contributed by atoms with Crippen LogP contribution in [0.2, 0.25) is 0 Å². The number of hydrogen-bond donors (Lipinski definition) is 1. The fourth-order valence-electron chi connectivity index (χ4n) is 2.04. The van der Waals surface area contributed by atoms with Crippen LogP contribution in [0, 0.1) is 13.8 Å². The fourth-order valence-corrected chi connectivity index (χ4v) is 2.04. The maximum Gasteiger partial charge on any atom is 0.119 e. The van der Waals surface area contributed by atoms with E-state index in [2.05, 4.69) is 58.1 Å². The molecule has 0 aliphatic carbocycles. The maximum absolute atomic E-state index is 5.79. The Balaban J connectivity index is 2.03. The molecule has 1 aromatic rings. The number of rotatable bonds is 8. The van der Waals surface area contributed by atoms with Crippen molar-refractivity contribution in [1.82, 2.24) is 5.32 Å². The minimum absolute atomic E-state index is 0.242. The molecule has 0 aliphatic heterocycles. The minimum Gasteiger partial charge on any atom is -0.494 e. The van der Waals surface area contributed by atoms with Crippen LogP contribution >= 0.6 is 0 Å². The summed E-state index contributed by atoms with van der Waals surface area (Å²) in [7, 11) is 0. The molecule has 114 valence electrons. The van der Waals surface area contributed by atoms with Crippen LogP contribution in [0.5, 0.6) is 5.75 Å². The fraction of sp³-hybridized carbons (Fsp3) is 0.667. The van der Waals surface area contributed by atoms with E-state index in [0.29, 0.717) is 0 Å². The topological polar surface area (TPSA) is 21.3 Å². The molecule has 1 N–H and O–H groups in total. The van der Waals surface area contributed by atoms with Gasteiger partial charge in [0, 0.05) is 5.54 Å². The van der Waals surface area contributed by atoms with Crippen LogP contribution in [0.25, 0.3) is 0 Å². The summed E-state index contributed by atoms with van der Waals surface area (Å²) < 4.78 is 5.79. The van der Waals surface area contributed by atoms with E-state index in [-0.39, 0.29) is 5.54 Å². The summed E-state index contributed by atoms with van der Waals surface area (Å²) in [4.78, 5) is 0. The highest BCUT2D eigenvalue weighted by Gasteiger charge is 2.06. The molecular weight excluding hydrogens is 246 g/mol. The molecule has 0 radical (unpaired) electrons. The molecule has 1 rings (SSSR count). The van der Waals surface area contributed by atoms with E-state index < -0.39 is 0 Å². The van der Waals surface area contributed by atoms with Crippen LogP contribution in [-0.4, -0.2) is 18.7 Å². The second-order valence-corrected chi connectivity index (χ2v) is 6.69. The smallest absolute Gasteiger partial charge is 0.119 e. The number of nitrogens with one attached hydrogen (secondary N) is 1. The summed E-state index contributed by atoms with van der Waals surface area (Å²) in [6, 6.07) is 6.32. The zero-order chi connectivity index (χ0) is 15.0. The second-order valence-electron chi connectivity index (χ2n) is 6.69. The number of hydrogen-bond acceptors (Lipinski definition) is 2. The van der Waals surface area contributed by atoms with Crippen molar-refractivity contribution in [3.05, 3.63) is 29.3 Å². The lowest BCUT2D eigenvalue weighted by Gasteiger charge is -2.20. The van der Waals surface area contributed by atoms with Crippen LogP contribution in [0.15, 0.2) is 18.2 Å². The van der Waals surface area contributed by atoms with Gasteiger partial charge >= 0.3 is 0 Å². The third-order valence-electron chi connectivity index (χ3n) is 3.47. The molecule has 20 heavy (non-hydrogen) atoms. The molecule has 0 aromatic heterocycles. The summed E-state index contributed by atoms with van der Waals surface area (Å²) in [5.41, 5.74) is 2.87. The lowest BCUT2D eigenvalue weighted by atomic mass is 10.1. The zero-order valence-corrected chi connectivity index (χ0v) is 13.9. The summed E-state index contributed by atoms with van der Waals surface area (Å²) in [5.74, 6) is 1.00. The van der Waals surface area contributed by atoms with Gasteiger partial charge in [-0.05, 0) is 77.3 Å². The van der Waals surface area contributed by atoms with Crippen molar-refractivity contribution >= 4 is 0 Å². The van der Waals surface area contributed by atoms with Crippen LogP contribution in [-0.2, 0) is 0 Å². The van der Waals surface area contributed by atoms with E-state index in [1.165, 1.54) is 30.4 Å². The Morgan fingerprint density at radius 3 is 2.30 bits per heavy atom. The molecule has 1 aromatic carbocycles. The van der Waals surface area contributed by atoms with Gasteiger partial charge in [-0.3, -0.25) is 0 Å². The zero-order valence-electron chi connectivity index (χ0n) is 13.9. The number of unbranched alkanes of at least 4 members (excludes halogenated alkanes) is 3. The normalized spacial score (nSPS) is 11.7. The standard InChI is InChI=1S/C18H31NO/c1-15-10-11-17(14-16(15)2)20-13-9-7-6-8-12-19-18(3,4)5/h10-11,14,19H,6-9,12-13H2,1-5H3. The molecule has 0 unspecified atom stereocenters. The van der Waals surface area contributed by atoms with Gasteiger partial charge in [0.25, 0.3) is 0 Å². The van der Waals surface area contributed by atoms with E-state index in [1.54, 1.807) is 0 Å². The second kappa shape index (κ2) is 8.31. The van der Waals surface area contributed by atoms with Crippen LogP contribution in [0.1, 0.15) is 57.6 Å². The molecule has 0 bridgehead atoms. The Labute approximate surface area is 124 Å². The molecule has 0 fully saturated rings. The van der Waals surface area contributed by atoms with Gasteiger partial charge in [-0.15, -0.1) is 0 Å². The molecule has 0 amide bonds. The highest BCUT2D eigenvalue weighted by atomic mass is 16.5. The first-order chi connectivity index (χ1) is 9.38. The number of aryl methyl sites for hydroxylation is 2. The van der Waals surface area contributed by atoms with E-state index >= 15 is 0 Å². The predicted molar refractivity (Wildman–Crippen MR) is 87.6 cm³/mol. The van der Waals surface area contributed by atoms with Crippen molar-refractivity contribution in [2.75, 3.05) is 13.2 Å². The molecule has 0 spiro atoms. The van der Waals surface area contributed by atoms with E-state index in [4.69, 9.17) is 4.74 Å². The average Bonchev–Trinajstić information content (AvgIpc) is 2.35. The molecule has 0 saturated carbocycles. The van der Waals surface area contributed by atoms with Gasteiger partial charge in [0.15, 0.2) is 0 Å². The highest BCUT2D eigenvalue weighted by molar-refractivity contribution is 5.33. The molecule has 2 nitrogen and oxygen atoms in total. The lowest BCUT2D eigenvalue weighted by molar-refractivity contribution is 0.303. The quantitative estimate of drug-likeness (QED) is 0.699. The molecule has 0 atom stereocenters. The van der Waals surface area contributed by atoms with Gasteiger partial charge in [-0.2, -0.15) is 0 Å². The van der Waals surface area contributed by atoms with Gasteiger partial charge in [0.2, 0.25) is 0 Å². The van der Waals surface area contributed by atoms with Crippen molar-refractivity contribution in [2.24, 2.45) is 0 Å². The van der Waals surface area contributed by atoms with Gasteiger partial charge in [-0.25, -0.2) is 0 Å². The van der Waals surface area contributed by atoms with Crippen molar-refractivity contribution in [2.45, 2.75) is 65.8 Å². The van der Waals surface area contributed by atoms with E-state index in [9.17, 15) is 0 Å². The molecule has 2 heteroatoms. The monoisotopic (exact) mass is 277 g/mol. The Hall–Kier alpha value is -1.02. The molecule has 0 aliphatic rings. The Morgan fingerprint density at radius 2 is 1.65 bits per heavy atom. The molecular formula is C18H31NO. The summed E-state index contributed by atoms with van der Waals surface area (Å²) in [6.07, 6.45) is 4.92. The Morgan fingerprint density at radius 1 is 0.950 bits per heavy atom. The van der Waals surface area contributed by atoms with Gasteiger partial charge < -0.3 is 10.1 Å². The molecule has 0 saturated heterocycles. The van der Waals surface area contributed by atoms with Gasteiger partial charge in [0.05, 0.1) is 6.61 Å². The largest absolute Gasteiger partial charge is 0.494 e. The van der Waals surface area contributed by atoms with Crippen LogP contribution in [0.4, 0.5) is 0 Å². The molecule has 0 heterocycles. The number of ether oxygens (including phenoxy) is 1. The first-order valence-corrected chi connectivity index (χ1v) is 7.83. The highest BCUT2D eigenvalue weighted by Crippen LogP contribution is 2.16. The summed E-state index contributed by atoms with van der Waals surface area (Å²) in [5, 5.41) is 3.52. The van der Waals surface area contributed by atoms with Crippen molar-refractivity contribution in [3.63, 3.8) is 0 Å². The van der Waals surface area contributed by atoms with Crippen LogP contribution in [0.3, 0.4) is 0 Å². The first-order valence-electron chi connectivity index (χ1n) is 7.83. The maximum atomic E-state index is 5.79. The third-order valence-corrected chi connectivity index (χ3v) is 3.47. The lowest BCUT2D eigenvalue weighted by Crippen LogP contribution is -2.36. The van der Waals surface area contributed by atoms with Crippen LogP contribution < -0.4 is 10.1 Å². The van der Waals surface area contributed by atoms with Crippen molar-refractivity contribution < 1.29 is 4.74 Å². The van der Waals surface area contributed by atoms with Crippen molar-refractivity contribution in [3.8, 4) is 5.75 Å². The predicted octanol–water partition coefficient (Wildman–Crippen LogP) is 4.63. The summed E-state index contributed by atoms with van der Waals surface area (Å²) >= 11 is 0. The third kappa shape index (κ3) is 7.54. The average molecular weight is 277 g/mol. The van der Waals surface area contributed by atoms with E-state index in [1.807, 2.05) is 0 Å². The van der Waals surface area contributed by atoms with E-state index in [0.717, 1.165) is 25.3 Å². The Bertz CT molecular complexity index is 393. The minimum atomic E-state index is 0.242. The Kier molecular flexibility index (Phi) is 7.08. The first kappa shape index (κ1) is 17.0. The van der Waals surface area contributed by atoms with Gasteiger partial charge in [-0.1, -0.05) is 18.9 Å². The van der Waals surface area contributed by atoms with Gasteiger partial charge in [0.1, 0.15) is 5.75 Å². The number of benzene rings is 1. The van der Waals surface area contributed by atoms with Crippen molar-refractivity contribution in [1.29, 1.82) is 0 Å². The summed E-state index contributed by atoms with van der Waals surface area (Å²) in [6.45, 7) is 12.8. The SMILES string of the molecule is Cc1ccc(OCCCCCCNC(C)(C)C)cc1C.